The van der Waals surface area contributed by atoms with Crippen molar-refractivity contribution in [1.29, 1.82) is 0 Å². The minimum Gasteiger partial charge on any atom is -0.432 e. The summed E-state index contributed by atoms with van der Waals surface area (Å²) in [5.74, 6) is -0.269. The highest BCUT2D eigenvalue weighted by atomic mass is 79.9. The Morgan fingerprint density at radius 2 is 2.29 bits per heavy atom. The Kier molecular flexibility index (Phi) is 4.63. The third kappa shape index (κ3) is 3.63. The van der Waals surface area contributed by atoms with Crippen molar-refractivity contribution in [2.24, 2.45) is 0 Å². The second kappa shape index (κ2) is 6.44. The van der Waals surface area contributed by atoms with Gasteiger partial charge in [-0.25, -0.2) is 9.37 Å². The third-order valence-electron chi connectivity index (χ3n) is 2.37. The van der Waals surface area contributed by atoms with E-state index >= 15 is 0 Å². The minimum absolute atomic E-state index is 0.205. The smallest absolute Gasteiger partial charge is 0.349 e. The van der Waals surface area contributed by atoms with Gasteiger partial charge in [-0.2, -0.15) is 4.98 Å². The Hall–Kier alpha value is -2.29. The number of benzene rings is 1. The maximum Gasteiger partial charge on any atom is 0.349 e. The van der Waals surface area contributed by atoms with E-state index in [1.165, 1.54) is 18.2 Å². The largest absolute Gasteiger partial charge is 0.432 e. The predicted octanol–water partition coefficient (Wildman–Crippen LogP) is 3.51. The maximum atomic E-state index is 13.0. The summed E-state index contributed by atoms with van der Waals surface area (Å²) < 4.78 is 18.7. The number of hydrogen-bond donors (Lipinski definition) is 1. The lowest BCUT2D eigenvalue weighted by molar-refractivity contribution is -0.386. The monoisotopic (exact) mass is 356 g/mol. The molecule has 0 spiro atoms. The van der Waals surface area contributed by atoms with Gasteiger partial charge < -0.3 is 10.1 Å². The number of nitrogens with one attached hydrogen (secondary N) is 1. The number of anilines is 1. The number of hydrogen-bond acceptors (Lipinski definition) is 6. The summed E-state index contributed by atoms with van der Waals surface area (Å²) in [6, 6.07) is 3.71. The van der Waals surface area contributed by atoms with Gasteiger partial charge in [-0.15, -0.1) is 0 Å². The topological polar surface area (TPSA) is 90.2 Å². The van der Waals surface area contributed by atoms with Crippen molar-refractivity contribution < 1.29 is 14.1 Å². The Morgan fingerprint density at radius 1 is 1.52 bits per heavy atom. The van der Waals surface area contributed by atoms with Gasteiger partial charge >= 0.3 is 11.6 Å². The van der Waals surface area contributed by atoms with Crippen LogP contribution in [0.15, 0.2) is 28.9 Å². The lowest BCUT2D eigenvalue weighted by Crippen LogP contribution is -2.05. The third-order valence-corrected chi connectivity index (χ3v) is 2.99. The van der Waals surface area contributed by atoms with E-state index in [4.69, 9.17) is 4.74 Å². The molecule has 0 aliphatic carbocycles. The van der Waals surface area contributed by atoms with E-state index in [-0.39, 0.29) is 23.3 Å². The molecule has 0 radical (unpaired) electrons. The fourth-order valence-corrected chi connectivity index (χ4v) is 1.90. The van der Waals surface area contributed by atoms with Gasteiger partial charge in [-0.3, -0.25) is 10.1 Å². The molecule has 2 aromatic rings. The van der Waals surface area contributed by atoms with Gasteiger partial charge in [-0.1, -0.05) is 0 Å². The van der Waals surface area contributed by atoms with Crippen LogP contribution in [0.1, 0.15) is 6.92 Å². The predicted molar refractivity (Wildman–Crippen MR) is 77.0 cm³/mol. The maximum absolute atomic E-state index is 13.0. The summed E-state index contributed by atoms with van der Waals surface area (Å²) in [6.07, 6.45) is 1.05. The molecule has 0 saturated heterocycles. The number of halogens is 2. The van der Waals surface area contributed by atoms with E-state index in [1.54, 1.807) is 0 Å². The number of ether oxygens (including phenoxy) is 1. The Bertz CT molecular complexity index is 684. The van der Waals surface area contributed by atoms with E-state index in [9.17, 15) is 14.5 Å². The van der Waals surface area contributed by atoms with Crippen LogP contribution in [0.3, 0.4) is 0 Å². The zero-order valence-electron chi connectivity index (χ0n) is 10.8. The zero-order valence-corrected chi connectivity index (χ0v) is 12.4. The van der Waals surface area contributed by atoms with Crippen molar-refractivity contribution in [1.82, 2.24) is 9.97 Å². The quantitative estimate of drug-likeness (QED) is 0.651. The van der Waals surface area contributed by atoms with E-state index in [1.807, 2.05) is 6.92 Å². The van der Waals surface area contributed by atoms with Gasteiger partial charge in [0.15, 0.2) is 0 Å². The van der Waals surface area contributed by atoms with E-state index in [2.05, 4.69) is 31.2 Å². The lowest BCUT2D eigenvalue weighted by Gasteiger charge is -2.08. The van der Waals surface area contributed by atoms with Crippen LogP contribution in [0.25, 0.3) is 0 Å². The first-order chi connectivity index (χ1) is 10.0. The first-order valence-electron chi connectivity index (χ1n) is 5.89. The summed E-state index contributed by atoms with van der Waals surface area (Å²) in [5, 5.41) is 13.8. The van der Waals surface area contributed by atoms with Crippen molar-refractivity contribution in [3.63, 3.8) is 0 Å². The number of aromatic nitrogens is 2. The van der Waals surface area contributed by atoms with Crippen LogP contribution in [-0.4, -0.2) is 21.4 Å². The summed E-state index contributed by atoms with van der Waals surface area (Å²) in [6.45, 7) is 2.39. The standard InChI is InChI=1S/C12H10BrFN4O3/c1-2-15-12-16-6-9(18(19)20)11(17-12)21-10-4-3-7(14)5-8(10)13/h3-6H,2H2,1H3,(H,15,16,17). The van der Waals surface area contributed by atoms with E-state index < -0.39 is 10.7 Å². The van der Waals surface area contributed by atoms with Crippen LogP contribution < -0.4 is 10.1 Å². The molecule has 1 aromatic heterocycles. The highest BCUT2D eigenvalue weighted by Gasteiger charge is 2.20. The van der Waals surface area contributed by atoms with E-state index in [0.29, 0.717) is 11.0 Å². The van der Waals surface area contributed by atoms with Gasteiger partial charge in [0.1, 0.15) is 17.8 Å². The second-order valence-corrected chi connectivity index (χ2v) is 4.70. The Morgan fingerprint density at radius 3 is 2.90 bits per heavy atom. The molecule has 21 heavy (non-hydrogen) atoms. The fraction of sp³-hybridized carbons (Fsp3) is 0.167. The van der Waals surface area contributed by atoms with Gasteiger partial charge in [0.05, 0.1) is 9.40 Å². The molecule has 1 N–H and O–H groups in total. The summed E-state index contributed by atoms with van der Waals surface area (Å²) >= 11 is 3.12. The number of rotatable bonds is 5. The first kappa shape index (κ1) is 15.1. The van der Waals surface area contributed by atoms with Gasteiger partial charge in [-0.05, 0) is 41.1 Å². The summed E-state index contributed by atoms with van der Waals surface area (Å²) in [7, 11) is 0. The molecule has 0 fully saturated rings. The highest BCUT2D eigenvalue weighted by Crippen LogP contribution is 2.34. The molecule has 2 rings (SSSR count). The second-order valence-electron chi connectivity index (χ2n) is 3.85. The van der Waals surface area contributed by atoms with Crippen LogP contribution in [0.5, 0.6) is 11.6 Å². The molecule has 0 atom stereocenters. The van der Waals surface area contributed by atoms with Crippen molar-refractivity contribution in [3.8, 4) is 11.6 Å². The molecular formula is C12H10BrFN4O3. The normalized spacial score (nSPS) is 10.2. The minimum atomic E-state index is -0.650. The average Bonchev–Trinajstić information content (AvgIpc) is 2.42. The van der Waals surface area contributed by atoms with E-state index in [0.717, 1.165) is 6.20 Å². The van der Waals surface area contributed by atoms with Crippen molar-refractivity contribution >= 4 is 27.6 Å². The van der Waals surface area contributed by atoms with Crippen LogP contribution in [-0.2, 0) is 0 Å². The van der Waals surface area contributed by atoms with Crippen molar-refractivity contribution in [3.05, 3.63) is 44.8 Å². The summed E-state index contributed by atoms with van der Waals surface area (Å²) in [4.78, 5) is 18.1. The van der Waals surface area contributed by atoms with Crippen LogP contribution in [0.2, 0.25) is 0 Å². The first-order valence-corrected chi connectivity index (χ1v) is 6.68. The van der Waals surface area contributed by atoms with Crippen molar-refractivity contribution in [2.75, 3.05) is 11.9 Å². The summed E-state index contributed by atoms with van der Waals surface area (Å²) in [5.41, 5.74) is -0.382. The van der Waals surface area contributed by atoms with Crippen LogP contribution in [0, 0.1) is 15.9 Å². The molecule has 1 heterocycles. The molecule has 0 amide bonds. The molecule has 0 aliphatic heterocycles. The Labute approximate surface area is 127 Å². The molecule has 0 unspecified atom stereocenters. The lowest BCUT2D eigenvalue weighted by atomic mass is 10.3. The zero-order chi connectivity index (χ0) is 15.4. The molecule has 1 aromatic carbocycles. The fourth-order valence-electron chi connectivity index (χ4n) is 1.47. The molecule has 110 valence electrons. The van der Waals surface area contributed by atoms with Crippen molar-refractivity contribution in [2.45, 2.75) is 6.92 Å². The molecule has 0 saturated carbocycles. The molecular weight excluding hydrogens is 347 g/mol. The van der Waals surface area contributed by atoms with Crippen LogP contribution in [0.4, 0.5) is 16.0 Å². The Balaban J connectivity index is 2.40. The average molecular weight is 357 g/mol. The van der Waals surface area contributed by atoms with Gasteiger partial charge in [0, 0.05) is 6.54 Å². The van der Waals surface area contributed by atoms with Crippen LogP contribution >= 0.6 is 15.9 Å². The SMILES string of the molecule is CCNc1ncc([N+](=O)[O-])c(Oc2ccc(F)cc2Br)n1. The number of nitro groups is 1. The molecule has 7 nitrogen and oxygen atoms in total. The molecule has 0 aliphatic rings. The van der Waals surface area contributed by atoms with Gasteiger partial charge in [0.25, 0.3) is 0 Å². The highest BCUT2D eigenvalue weighted by molar-refractivity contribution is 9.10. The number of nitrogens with zero attached hydrogens (tertiary/aromatic N) is 3. The molecule has 9 heteroatoms. The van der Waals surface area contributed by atoms with Gasteiger partial charge in [0.2, 0.25) is 5.95 Å². The molecule has 0 bridgehead atoms.